The van der Waals surface area contributed by atoms with Crippen molar-refractivity contribution in [1.29, 1.82) is 0 Å². The normalized spacial score (nSPS) is 12.9. The fraction of sp³-hybridized carbons (Fsp3) is 0.833. The highest BCUT2D eigenvalue weighted by Gasteiger charge is 2.41. The van der Waals surface area contributed by atoms with Gasteiger partial charge in [0.25, 0.3) is 0 Å². The van der Waals surface area contributed by atoms with E-state index in [1.807, 2.05) is 0 Å². The molecule has 4 nitrogen and oxygen atoms in total. The minimum Gasteiger partial charge on any atom is -0.480 e. The highest BCUT2D eigenvalue weighted by atomic mass is 32.2. The predicted octanol–water partition coefficient (Wildman–Crippen LogP) is 0.234. The van der Waals surface area contributed by atoms with Crippen molar-refractivity contribution in [3.8, 4) is 0 Å². The molecule has 0 heterocycles. The molecule has 0 unspecified atom stereocenters. The van der Waals surface area contributed by atoms with Gasteiger partial charge in [0.05, 0.1) is 5.75 Å². The second-order valence-electron chi connectivity index (χ2n) is 2.82. The van der Waals surface area contributed by atoms with Crippen molar-refractivity contribution in [2.75, 3.05) is 12.4 Å². The molecule has 0 aliphatic rings. The average molecular weight is 198 g/mol. The molecule has 0 aliphatic heterocycles. The summed E-state index contributed by atoms with van der Waals surface area (Å²) in [6, 6.07) is 0. The van der Waals surface area contributed by atoms with E-state index in [0.29, 0.717) is 0 Å². The SMILES string of the molecule is CC(C)(C(=O)O)S(=O)(=O)CCF. The molecule has 12 heavy (non-hydrogen) atoms. The van der Waals surface area contributed by atoms with Crippen molar-refractivity contribution in [2.24, 2.45) is 0 Å². The third kappa shape index (κ3) is 1.94. The summed E-state index contributed by atoms with van der Waals surface area (Å²) in [6.45, 7) is 1.03. The van der Waals surface area contributed by atoms with E-state index in [2.05, 4.69) is 0 Å². The number of alkyl halides is 1. The standard InChI is InChI=1S/C6H11FO4S/c1-6(2,5(8)9)12(10,11)4-3-7/h3-4H2,1-2H3,(H,8,9). The lowest BCUT2D eigenvalue weighted by Crippen LogP contribution is -2.42. The zero-order chi connectivity index (χ0) is 9.99. The predicted molar refractivity (Wildman–Crippen MR) is 41.5 cm³/mol. The minimum atomic E-state index is -3.88. The zero-order valence-electron chi connectivity index (χ0n) is 6.87. The summed E-state index contributed by atoms with van der Waals surface area (Å²) in [5.41, 5.74) is 0. The summed E-state index contributed by atoms with van der Waals surface area (Å²) >= 11 is 0. The van der Waals surface area contributed by atoms with Gasteiger partial charge in [-0.1, -0.05) is 0 Å². The molecular formula is C6H11FO4S. The fourth-order valence-electron chi connectivity index (χ4n) is 0.490. The molecule has 0 spiro atoms. The largest absolute Gasteiger partial charge is 0.480 e. The van der Waals surface area contributed by atoms with Crippen molar-refractivity contribution < 1.29 is 22.7 Å². The summed E-state index contributed by atoms with van der Waals surface area (Å²) in [6.07, 6.45) is 0. The molecule has 0 rings (SSSR count). The lowest BCUT2D eigenvalue weighted by molar-refractivity contribution is -0.139. The number of hydrogen-bond acceptors (Lipinski definition) is 3. The molecule has 1 N–H and O–H groups in total. The molecule has 0 aromatic heterocycles. The van der Waals surface area contributed by atoms with Crippen LogP contribution in [0.1, 0.15) is 13.8 Å². The van der Waals surface area contributed by atoms with Gasteiger partial charge in [-0.05, 0) is 13.8 Å². The summed E-state index contributed by atoms with van der Waals surface area (Å²) in [7, 11) is -3.88. The van der Waals surface area contributed by atoms with Gasteiger partial charge in [0.2, 0.25) is 0 Å². The number of halogens is 1. The first kappa shape index (κ1) is 11.4. The van der Waals surface area contributed by atoms with Gasteiger partial charge >= 0.3 is 5.97 Å². The fourth-order valence-corrected chi connectivity index (χ4v) is 1.47. The van der Waals surface area contributed by atoms with Crippen molar-refractivity contribution >= 4 is 15.8 Å². The average Bonchev–Trinajstić information content (AvgIpc) is 1.86. The topological polar surface area (TPSA) is 71.4 Å². The van der Waals surface area contributed by atoms with Gasteiger partial charge in [-0.3, -0.25) is 4.79 Å². The Hall–Kier alpha value is -0.650. The quantitative estimate of drug-likeness (QED) is 0.702. The van der Waals surface area contributed by atoms with Crippen LogP contribution in [0.15, 0.2) is 0 Å². The molecule has 0 radical (unpaired) electrons. The summed E-state index contributed by atoms with van der Waals surface area (Å²) in [5, 5.41) is 8.50. The molecular weight excluding hydrogens is 187 g/mol. The summed E-state index contributed by atoms with van der Waals surface area (Å²) in [4.78, 5) is 10.4. The maximum absolute atomic E-state index is 11.7. The van der Waals surface area contributed by atoms with Gasteiger partial charge in [0, 0.05) is 0 Å². The van der Waals surface area contributed by atoms with Gasteiger partial charge in [0.1, 0.15) is 6.67 Å². The van der Waals surface area contributed by atoms with Crippen molar-refractivity contribution in [3.63, 3.8) is 0 Å². The first-order valence-corrected chi connectivity index (χ1v) is 4.92. The number of hydrogen-bond donors (Lipinski definition) is 1. The van der Waals surface area contributed by atoms with Gasteiger partial charge < -0.3 is 5.11 Å². The van der Waals surface area contributed by atoms with Crippen LogP contribution in [0.25, 0.3) is 0 Å². The second-order valence-corrected chi connectivity index (χ2v) is 5.48. The number of sulfone groups is 1. The molecule has 0 aromatic rings. The molecule has 6 heteroatoms. The maximum atomic E-state index is 11.7. The van der Waals surface area contributed by atoms with Crippen LogP contribution >= 0.6 is 0 Å². The highest BCUT2D eigenvalue weighted by molar-refractivity contribution is 7.93. The van der Waals surface area contributed by atoms with E-state index in [1.54, 1.807) is 0 Å². The van der Waals surface area contributed by atoms with E-state index in [-0.39, 0.29) is 0 Å². The Labute approximate surface area is 70.3 Å². The molecule has 72 valence electrons. The van der Waals surface area contributed by atoms with E-state index in [0.717, 1.165) is 13.8 Å². The van der Waals surface area contributed by atoms with Crippen LogP contribution < -0.4 is 0 Å². The first-order valence-electron chi connectivity index (χ1n) is 3.27. The lowest BCUT2D eigenvalue weighted by Gasteiger charge is -2.18. The third-order valence-corrected chi connectivity index (χ3v) is 4.06. The molecule has 0 atom stereocenters. The molecule has 0 saturated heterocycles. The molecule has 0 bridgehead atoms. The van der Waals surface area contributed by atoms with Gasteiger partial charge in [-0.25, -0.2) is 12.8 Å². The highest BCUT2D eigenvalue weighted by Crippen LogP contribution is 2.17. The number of carboxylic acids is 1. The van der Waals surface area contributed by atoms with Crippen molar-refractivity contribution in [3.05, 3.63) is 0 Å². The number of aliphatic carboxylic acids is 1. The molecule has 0 amide bonds. The first-order chi connectivity index (χ1) is 5.25. The Bertz CT molecular complexity index is 267. The molecule has 0 aromatic carbocycles. The minimum absolute atomic E-state index is 0.744. The molecule has 0 saturated carbocycles. The Morgan fingerprint density at radius 3 is 2.17 bits per heavy atom. The zero-order valence-corrected chi connectivity index (χ0v) is 7.69. The Balaban J connectivity index is 4.90. The molecule has 0 aliphatic carbocycles. The Kier molecular flexibility index (Phi) is 3.20. The number of carbonyl (C=O) groups is 1. The van der Waals surface area contributed by atoms with E-state index >= 15 is 0 Å². The number of rotatable bonds is 4. The van der Waals surface area contributed by atoms with Crippen LogP contribution in [0, 0.1) is 0 Å². The van der Waals surface area contributed by atoms with Crippen LogP contribution in [0.5, 0.6) is 0 Å². The Morgan fingerprint density at radius 1 is 1.50 bits per heavy atom. The van der Waals surface area contributed by atoms with Crippen LogP contribution in [0.3, 0.4) is 0 Å². The monoisotopic (exact) mass is 198 g/mol. The summed E-state index contributed by atoms with van der Waals surface area (Å²) in [5.74, 6) is -2.21. The lowest BCUT2D eigenvalue weighted by atomic mass is 10.2. The van der Waals surface area contributed by atoms with E-state index in [4.69, 9.17) is 5.11 Å². The van der Waals surface area contributed by atoms with Crippen LogP contribution in [0.2, 0.25) is 0 Å². The number of carboxylic acid groups (broad SMARTS) is 1. The second kappa shape index (κ2) is 3.38. The van der Waals surface area contributed by atoms with Crippen LogP contribution in [0.4, 0.5) is 4.39 Å². The van der Waals surface area contributed by atoms with E-state index in [9.17, 15) is 17.6 Å². The van der Waals surface area contributed by atoms with Gasteiger partial charge in [0.15, 0.2) is 14.6 Å². The Morgan fingerprint density at radius 2 is 1.92 bits per heavy atom. The van der Waals surface area contributed by atoms with Crippen LogP contribution in [-0.2, 0) is 14.6 Å². The third-order valence-electron chi connectivity index (χ3n) is 1.64. The van der Waals surface area contributed by atoms with Crippen molar-refractivity contribution in [1.82, 2.24) is 0 Å². The summed E-state index contributed by atoms with van der Waals surface area (Å²) < 4.78 is 32.0. The van der Waals surface area contributed by atoms with Gasteiger partial charge in [-0.15, -0.1) is 0 Å². The van der Waals surface area contributed by atoms with Gasteiger partial charge in [-0.2, -0.15) is 0 Å². The smallest absolute Gasteiger partial charge is 0.324 e. The van der Waals surface area contributed by atoms with E-state index in [1.165, 1.54) is 0 Å². The maximum Gasteiger partial charge on any atom is 0.324 e. The van der Waals surface area contributed by atoms with E-state index < -0.39 is 33.0 Å². The van der Waals surface area contributed by atoms with Crippen molar-refractivity contribution in [2.45, 2.75) is 18.6 Å². The van der Waals surface area contributed by atoms with Crippen LogP contribution in [-0.4, -0.2) is 36.7 Å². The molecule has 0 fully saturated rings.